The zero-order valence-corrected chi connectivity index (χ0v) is 18.1. The molecule has 1 fully saturated rings. The molecule has 31 heavy (non-hydrogen) atoms. The molecule has 0 aliphatic carbocycles. The van der Waals surface area contributed by atoms with Crippen molar-refractivity contribution in [2.75, 3.05) is 18.4 Å². The van der Waals surface area contributed by atoms with Crippen molar-refractivity contribution >= 4 is 44.4 Å². The summed E-state index contributed by atoms with van der Waals surface area (Å²) >= 11 is 1.46. The van der Waals surface area contributed by atoms with Gasteiger partial charge in [0.15, 0.2) is 5.13 Å². The molecule has 1 saturated heterocycles. The summed E-state index contributed by atoms with van der Waals surface area (Å²) in [5, 5.41) is 14.1. The number of amides is 1. The minimum absolute atomic E-state index is 0.0188. The van der Waals surface area contributed by atoms with Gasteiger partial charge in [0, 0.05) is 24.8 Å². The summed E-state index contributed by atoms with van der Waals surface area (Å²) in [6.07, 6.45) is 5.53. The summed E-state index contributed by atoms with van der Waals surface area (Å²) in [4.78, 5) is 29.5. The van der Waals surface area contributed by atoms with Gasteiger partial charge in [-0.2, -0.15) is 0 Å². The summed E-state index contributed by atoms with van der Waals surface area (Å²) < 4.78 is 1.05. The van der Waals surface area contributed by atoms with Gasteiger partial charge < -0.3 is 0 Å². The van der Waals surface area contributed by atoms with Gasteiger partial charge in [-0.05, 0) is 73.3 Å². The van der Waals surface area contributed by atoms with Crippen LogP contribution >= 0.6 is 11.3 Å². The molecule has 0 atom stereocenters. The SMILES string of the molecule is CC1CCN(Cc2ccc3nc(NC(=O)/C=C/c4ccc([N+](=O)[O-])cc4)sc3c2)CC1. The first-order chi connectivity index (χ1) is 15.0. The molecule has 2 aromatic carbocycles. The predicted molar refractivity (Wildman–Crippen MR) is 124 cm³/mol. The van der Waals surface area contributed by atoms with Crippen molar-refractivity contribution in [3.8, 4) is 0 Å². The van der Waals surface area contributed by atoms with Gasteiger partial charge in [0.05, 0.1) is 15.1 Å². The van der Waals surface area contributed by atoms with E-state index in [9.17, 15) is 14.9 Å². The van der Waals surface area contributed by atoms with Gasteiger partial charge in [0.1, 0.15) is 0 Å². The number of non-ortho nitro benzene ring substituents is 1. The summed E-state index contributed by atoms with van der Waals surface area (Å²) in [5.41, 5.74) is 2.87. The maximum atomic E-state index is 12.2. The van der Waals surface area contributed by atoms with Crippen molar-refractivity contribution < 1.29 is 9.72 Å². The van der Waals surface area contributed by atoms with Crippen LogP contribution in [0.3, 0.4) is 0 Å². The largest absolute Gasteiger partial charge is 0.299 e. The Bertz CT molecular complexity index is 1120. The first-order valence-corrected chi connectivity index (χ1v) is 11.1. The summed E-state index contributed by atoms with van der Waals surface area (Å²) in [5.74, 6) is 0.529. The van der Waals surface area contributed by atoms with E-state index >= 15 is 0 Å². The Morgan fingerprint density at radius 1 is 1.26 bits per heavy atom. The van der Waals surface area contributed by atoms with E-state index in [1.165, 1.54) is 48.0 Å². The van der Waals surface area contributed by atoms with Crippen molar-refractivity contribution in [1.82, 2.24) is 9.88 Å². The molecule has 1 N–H and O–H groups in total. The van der Waals surface area contributed by atoms with Crippen LogP contribution in [0, 0.1) is 16.0 Å². The van der Waals surface area contributed by atoms with E-state index in [-0.39, 0.29) is 11.6 Å². The van der Waals surface area contributed by atoms with Crippen LogP contribution in [0.4, 0.5) is 10.8 Å². The van der Waals surface area contributed by atoms with Crippen molar-refractivity contribution in [3.05, 3.63) is 69.8 Å². The van der Waals surface area contributed by atoms with E-state index in [0.29, 0.717) is 10.7 Å². The minimum atomic E-state index is -0.453. The Morgan fingerprint density at radius 3 is 2.71 bits per heavy atom. The van der Waals surface area contributed by atoms with Crippen LogP contribution in [0.5, 0.6) is 0 Å². The highest BCUT2D eigenvalue weighted by atomic mass is 32.1. The molecule has 3 aromatic rings. The Morgan fingerprint density at radius 2 is 2.00 bits per heavy atom. The second-order valence-corrected chi connectivity index (χ2v) is 8.98. The number of aromatic nitrogens is 1. The second kappa shape index (κ2) is 9.36. The van der Waals surface area contributed by atoms with Crippen molar-refractivity contribution in [2.24, 2.45) is 5.92 Å². The molecule has 2 heterocycles. The number of nitrogens with one attached hydrogen (secondary N) is 1. The summed E-state index contributed by atoms with van der Waals surface area (Å²) in [6.45, 7) is 5.55. The molecule has 0 unspecified atom stereocenters. The Labute approximate surface area is 184 Å². The average molecular weight is 437 g/mol. The number of nitro groups is 1. The average Bonchev–Trinajstić information content (AvgIpc) is 3.15. The number of fused-ring (bicyclic) bond motifs is 1. The van der Waals surface area contributed by atoms with Crippen molar-refractivity contribution in [3.63, 3.8) is 0 Å². The Hall–Kier alpha value is -3.10. The minimum Gasteiger partial charge on any atom is -0.299 e. The van der Waals surface area contributed by atoms with Crippen LogP contribution in [0.15, 0.2) is 48.5 Å². The fourth-order valence-electron chi connectivity index (χ4n) is 3.63. The molecule has 1 aliphatic heterocycles. The third kappa shape index (κ3) is 5.53. The highest BCUT2D eigenvalue weighted by molar-refractivity contribution is 7.22. The number of rotatable bonds is 6. The molecule has 0 spiro atoms. The lowest BCUT2D eigenvalue weighted by atomic mass is 9.99. The number of nitrogens with zero attached hydrogens (tertiary/aromatic N) is 3. The number of hydrogen-bond donors (Lipinski definition) is 1. The zero-order valence-electron chi connectivity index (χ0n) is 17.3. The van der Waals surface area contributed by atoms with Gasteiger partial charge in [-0.25, -0.2) is 4.98 Å². The number of thiazole rings is 1. The smallest absolute Gasteiger partial charge is 0.269 e. The molecule has 1 amide bonds. The molecule has 4 rings (SSSR count). The molecule has 1 aliphatic rings. The number of likely N-dealkylation sites (tertiary alicyclic amines) is 1. The standard InChI is InChI=1S/C23H24N4O3S/c1-16-10-12-26(13-11-16)15-18-4-8-20-21(14-18)31-23(24-20)25-22(28)9-5-17-2-6-19(7-3-17)27(29)30/h2-9,14,16H,10-13,15H2,1H3,(H,24,25,28)/b9-5+. The molecule has 0 radical (unpaired) electrons. The van der Waals surface area contributed by atoms with E-state index in [4.69, 9.17) is 0 Å². The molecule has 1 aromatic heterocycles. The number of hydrogen-bond acceptors (Lipinski definition) is 6. The van der Waals surface area contributed by atoms with Gasteiger partial charge in [-0.15, -0.1) is 0 Å². The number of anilines is 1. The van der Waals surface area contributed by atoms with E-state index < -0.39 is 4.92 Å². The van der Waals surface area contributed by atoms with Crippen LogP contribution in [0.25, 0.3) is 16.3 Å². The fourth-order valence-corrected chi connectivity index (χ4v) is 4.56. The highest BCUT2D eigenvalue weighted by Crippen LogP contribution is 2.28. The van der Waals surface area contributed by atoms with Gasteiger partial charge in [0.25, 0.3) is 5.69 Å². The molecule has 0 bridgehead atoms. The molecule has 0 saturated carbocycles. The summed E-state index contributed by atoms with van der Waals surface area (Å²) in [7, 11) is 0. The normalized spacial score (nSPS) is 15.5. The highest BCUT2D eigenvalue weighted by Gasteiger charge is 2.16. The number of benzene rings is 2. The summed E-state index contributed by atoms with van der Waals surface area (Å²) in [6, 6.07) is 12.3. The lowest BCUT2D eigenvalue weighted by Crippen LogP contribution is -2.32. The first kappa shape index (κ1) is 21.1. The van der Waals surface area contributed by atoms with Gasteiger partial charge >= 0.3 is 0 Å². The third-order valence-corrected chi connectivity index (χ3v) is 6.43. The number of piperidine rings is 1. The van der Waals surface area contributed by atoms with Crippen molar-refractivity contribution in [2.45, 2.75) is 26.3 Å². The van der Waals surface area contributed by atoms with Crippen LogP contribution in [0.1, 0.15) is 30.9 Å². The van der Waals surface area contributed by atoms with E-state index in [0.717, 1.165) is 35.8 Å². The maximum Gasteiger partial charge on any atom is 0.269 e. The monoisotopic (exact) mass is 436 g/mol. The number of nitro benzene ring substituents is 1. The third-order valence-electron chi connectivity index (χ3n) is 5.50. The van der Waals surface area contributed by atoms with Crippen LogP contribution in [-0.4, -0.2) is 33.8 Å². The van der Waals surface area contributed by atoms with E-state index in [1.807, 2.05) is 6.07 Å². The number of carbonyl (C=O) groups excluding carboxylic acids is 1. The molecule has 8 heteroatoms. The Kier molecular flexibility index (Phi) is 6.39. The lowest BCUT2D eigenvalue weighted by molar-refractivity contribution is -0.384. The fraction of sp³-hybridized carbons (Fsp3) is 0.304. The molecular formula is C23H24N4O3S. The van der Waals surface area contributed by atoms with Crippen LogP contribution in [-0.2, 0) is 11.3 Å². The predicted octanol–water partition coefficient (Wildman–Crippen LogP) is 5.09. The first-order valence-electron chi connectivity index (χ1n) is 10.3. The second-order valence-electron chi connectivity index (χ2n) is 7.95. The van der Waals surface area contributed by atoms with Gasteiger partial charge in [-0.3, -0.25) is 25.1 Å². The molecule has 160 valence electrons. The number of carbonyl (C=O) groups is 1. The lowest BCUT2D eigenvalue weighted by Gasteiger charge is -2.30. The molecular weight excluding hydrogens is 412 g/mol. The maximum absolute atomic E-state index is 12.2. The van der Waals surface area contributed by atoms with Crippen LogP contribution < -0.4 is 5.32 Å². The molecule has 7 nitrogen and oxygen atoms in total. The van der Waals surface area contributed by atoms with Crippen molar-refractivity contribution in [1.29, 1.82) is 0 Å². The van der Waals surface area contributed by atoms with Crippen LogP contribution in [0.2, 0.25) is 0 Å². The van der Waals surface area contributed by atoms with E-state index in [1.54, 1.807) is 18.2 Å². The topological polar surface area (TPSA) is 88.4 Å². The van der Waals surface area contributed by atoms with E-state index in [2.05, 4.69) is 34.3 Å². The van der Waals surface area contributed by atoms with Gasteiger partial charge in [0.2, 0.25) is 5.91 Å². The Balaban J connectivity index is 1.37. The quantitative estimate of drug-likeness (QED) is 0.330. The van der Waals surface area contributed by atoms with Gasteiger partial charge in [-0.1, -0.05) is 24.3 Å². The zero-order chi connectivity index (χ0) is 21.8.